The van der Waals surface area contributed by atoms with Gasteiger partial charge in [-0.1, -0.05) is 22.0 Å². The summed E-state index contributed by atoms with van der Waals surface area (Å²) in [4.78, 5) is 29.6. The first-order valence-corrected chi connectivity index (χ1v) is 11.9. The predicted octanol–water partition coefficient (Wildman–Crippen LogP) is 5.27. The first-order chi connectivity index (χ1) is 16.1. The lowest BCUT2D eigenvalue weighted by atomic mass is 9.87. The van der Waals surface area contributed by atoms with E-state index in [0.717, 1.165) is 32.6 Å². The van der Waals surface area contributed by atoms with Gasteiger partial charge in [-0.15, -0.1) is 0 Å². The summed E-state index contributed by atoms with van der Waals surface area (Å²) in [5, 5.41) is 0. The molecule has 7 nitrogen and oxygen atoms in total. The van der Waals surface area contributed by atoms with Gasteiger partial charge in [0.1, 0.15) is 5.60 Å². The molecule has 2 aromatic rings. The van der Waals surface area contributed by atoms with Gasteiger partial charge in [-0.25, -0.2) is 9.69 Å². The largest absolute Gasteiger partial charge is 0.493 e. The standard InChI is InChI=1S/C26H29BrN2O5/c1-26(2,3)34-25(31)29-13-11-19(24(29)30)23-20-15-22(33-5)21(32-4)14-16(20)10-12-28(23)18-8-6-17(27)7-9-18/h6-9,11,14-15,23H,10,12-13H2,1-5H3/t23-/m1/s1. The zero-order valence-corrected chi connectivity index (χ0v) is 21.6. The third-order valence-corrected chi connectivity index (χ3v) is 6.45. The number of hydrogen-bond donors (Lipinski definition) is 0. The van der Waals surface area contributed by atoms with Gasteiger partial charge in [0.2, 0.25) is 0 Å². The fourth-order valence-corrected chi connectivity index (χ4v) is 4.67. The second-order valence-corrected chi connectivity index (χ2v) is 10.2. The number of fused-ring (bicyclic) bond motifs is 1. The van der Waals surface area contributed by atoms with Crippen LogP contribution in [0, 0.1) is 0 Å². The summed E-state index contributed by atoms with van der Waals surface area (Å²) in [5.74, 6) is 0.905. The molecule has 0 aromatic heterocycles. The molecule has 0 fully saturated rings. The summed E-state index contributed by atoms with van der Waals surface area (Å²) in [6.45, 7) is 6.23. The topological polar surface area (TPSA) is 68.3 Å². The number of amides is 2. The van der Waals surface area contributed by atoms with E-state index in [1.165, 1.54) is 0 Å². The van der Waals surface area contributed by atoms with Crippen LogP contribution in [0.1, 0.15) is 37.9 Å². The number of anilines is 1. The Morgan fingerprint density at radius 1 is 1.06 bits per heavy atom. The van der Waals surface area contributed by atoms with E-state index in [-0.39, 0.29) is 18.5 Å². The van der Waals surface area contributed by atoms with Gasteiger partial charge in [0.05, 0.1) is 26.8 Å². The van der Waals surface area contributed by atoms with E-state index in [4.69, 9.17) is 14.2 Å². The molecule has 0 N–H and O–H groups in total. The highest BCUT2D eigenvalue weighted by molar-refractivity contribution is 9.10. The summed E-state index contributed by atoms with van der Waals surface area (Å²) in [6.07, 6.45) is 1.97. The number of nitrogens with zero attached hydrogens (tertiary/aromatic N) is 2. The van der Waals surface area contributed by atoms with E-state index in [0.29, 0.717) is 23.6 Å². The molecule has 8 heteroatoms. The van der Waals surface area contributed by atoms with Crippen LogP contribution in [0.25, 0.3) is 0 Å². The van der Waals surface area contributed by atoms with E-state index in [1.54, 1.807) is 35.0 Å². The lowest BCUT2D eigenvalue weighted by Crippen LogP contribution is -2.42. The first kappa shape index (κ1) is 24.1. The highest BCUT2D eigenvalue weighted by atomic mass is 79.9. The molecule has 0 aliphatic carbocycles. The van der Waals surface area contributed by atoms with Gasteiger partial charge >= 0.3 is 6.09 Å². The van der Waals surface area contributed by atoms with Gasteiger partial charge in [0.15, 0.2) is 11.5 Å². The van der Waals surface area contributed by atoms with Crippen LogP contribution in [0.15, 0.2) is 52.5 Å². The van der Waals surface area contributed by atoms with E-state index in [2.05, 4.69) is 20.8 Å². The van der Waals surface area contributed by atoms with Crippen molar-refractivity contribution in [3.05, 3.63) is 63.6 Å². The normalized spacial score (nSPS) is 17.9. The SMILES string of the molecule is COc1cc2c(cc1OC)[C@@H](C1=CCN(C(=O)OC(C)(C)C)C1=O)N(c1ccc(Br)cc1)CC2. The average molecular weight is 529 g/mol. The molecule has 2 aliphatic rings. The molecule has 4 rings (SSSR count). The van der Waals surface area contributed by atoms with Crippen molar-refractivity contribution in [2.45, 2.75) is 38.8 Å². The molecule has 0 saturated heterocycles. The van der Waals surface area contributed by atoms with Crippen molar-refractivity contribution >= 4 is 33.6 Å². The maximum absolute atomic E-state index is 13.5. The predicted molar refractivity (Wildman–Crippen MR) is 134 cm³/mol. The number of carbonyl (C=O) groups excluding carboxylic acids is 2. The van der Waals surface area contributed by atoms with Gasteiger partial charge in [-0.2, -0.15) is 0 Å². The molecule has 0 bridgehead atoms. The minimum Gasteiger partial charge on any atom is -0.493 e. The van der Waals surface area contributed by atoms with Gasteiger partial charge in [0.25, 0.3) is 5.91 Å². The highest BCUT2D eigenvalue weighted by Crippen LogP contribution is 2.44. The Bertz CT molecular complexity index is 1140. The molecule has 180 valence electrons. The fraction of sp³-hybridized carbons (Fsp3) is 0.385. The van der Waals surface area contributed by atoms with Crippen LogP contribution in [0.5, 0.6) is 11.5 Å². The zero-order chi connectivity index (χ0) is 24.6. The van der Waals surface area contributed by atoms with E-state index < -0.39 is 11.7 Å². The molecule has 0 radical (unpaired) electrons. The Morgan fingerprint density at radius 3 is 2.32 bits per heavy atom. The Kier molecular flexibility index (Phi) is 6.62. The minimum absolute atomic E-state index is 0.177. The minimum atomic E-state index is -0.690. The third-order valence-electron chi connectivity index (χ3n) is 5.93. The van der Waals surface area contributed by atoms with Crippen LogP contribution in [-0.4, -0.2) is 49.8 Å². The number of hydrogen-bond acceptors (Lipinski definition) is 6. The van der Waals surface area contributed by atoms with E-state index >= 15 is 0 Å². The molecule has 2 heterocycles. The summed E-state index contributed by atoms with van der Waals surface area (Å²) in [5.41, 5.74) is 2.88. The van der Waals surface area contributed by atoms with Crippen LogP contribution in [-0.2, 0) is 16.0 Å². The quantitative estimate of drug-likeness (QED) is 0.538. The van der Waals surface area contributed by atoms with Crippen molar-refractivity contribution in [3.63, 3.8) is 0 Å². The van der Waals surface area contributed by atoms with Crippen molar-refractivity contribution < 1.29 is 23.8 Å². The Morgan fingerprint density at radius 2 is 1.71 bits per heavy atom. The number of ether oxygens (including phenoxy) is 3. The number of carbonyl (C=O) groups is 2. The fourth-order valence-electron chi connectivity index (χ4n) is 4.41. The van der Waals surface area contributed by atoms with E-state index in [1.807, 2.05) is 42.5 Å². The average Bonchev–Trinajstić information content (AvgIpc) is 3.17. The highest BCUT2D eigenvalue weighted by Gasteiger charge is 2.41. The lowest BCUT2D eigenvalue weighted by Gasteiger charge is -2.40. The molecule has 34 heavy (non-hydrogen) atoms. The maximum Gasteiger partial charge on any atom is 0.417 e. The van der Waals surface area contributed by atoms with Crippen LogP contribution >= 0.6 is 15.9 Å². The van der Waals surface area contributed by atoms with Gasteiger partial charge < -0.3 is 19.1 Å². The Balaban J connectivity index is 1.77. The van der Waals surface area contributed by atoms with Crippen LogP contribution < -0.4 is 14.4 Å². The first-order valence-electron chi connectivity index (χ1n) is 11.1. The van der Waals surface area contributed by atoms with Crippen LogP contribution in [0.3, 0.4) is 0 Å². The smallest absolute Gasteiger partial charge is 0.417 e. The molecule has 0 saturated carbocycles. The second-order valence-electron chi connectivity index (χ2n) is 9.28. The van der Waals surface area contributed by atoms with Crippen molar-refractivity contribution in [1.82, 2.24) is 4.90 Å². The van der Waals surface area contributed by atoms with Gasteiger partial charge in [-0.05, 0) is 74.7 Å². The molecular formula is C26H29BrN2O5. The van der Waals surface area contributed by atoms with Crippen molar-refractivity contribution in [3.8, 4) is 11.5 Å². The molecule has 2 aromatic carbocycles. The maximum atomic E-state index is 13.5. The number of benzene rings is 2. The molecule has 1 atom stereocenters. The van der Waals surface area contributed by atoms with Crippen molar-refractivity contribution in [2.75, 3.05) is 32.2 Å². The Labute approximate surface area is 208 Å². The lowest BCUT2D eigenvalue weighted by molar-refractivity contribution is -0.125. The van der Waals surface area contributed by atoms with Crippen molar-refractivity contribution in [1.29, 1.82) is 0 Å². The molecule has 2 amide bonds. The number of halogens is 1. The third kappa shape index (κ3) is 4.64. The zero-order valence-electron chi connectivity index (χ0n) is 20.1. The molecule has 2 aliphatic heterocycles. The second kappa shape index (κ2) is 9.33. The summed E-state index contributed by atoms with van der Waals surface area (Å²) < 4.78 is 17.5. The summed E-state index contributed by atoms with van der Waals surface area (Å²) in [6, 6.07) is 11.5. The number of rotatable bonds is 4. The summed E-state index contributed by atoms with van der Waals surface area (Å²) in [7, 11) is 3.21. The number of imide groups is 1. The van der Waals surface area contributed by atoms with E-state index in [9.17, 15) is 9.59 Å². The monoisotopic (exact) mass is 528 g/mol. The number of methoxy groups -OCH3 is 2. The van der Waals surface area contributed by atoms with Crippen molar-refractivity contribution in [2.24, 2.45) is 0 Å². The molecule has 0 spiro atoms. The van der Waals surface area contributed by atoms with Gasteiger partial charge in [0, 0.05) is 22.3 Å². The summed E-state index contributed by atoms with van der Waals surface area (Å²) >= 11 is 3.50. The Hall–Kier alpha value is -3.00. The molecular weight excluding hydrogens is 500 g/mol. The van der Waals surface area contributed by atoms with Gasteiger partial charge in [-0.3, -0.25) is 4.79 Å². The molecule has 0 unspecified atom stereocenters. The van der Waals surface area contributed by atoms with Crippen LogP contribution in [0.4, 0.5) is 10.5 Å². The van der Waals surface area contributed by atoms with Crippen LogP contribution in [0.2, 0.25) is 0 Å².